The summed E-state index contributed by atoms with van der Waals surface area (Å²) in [7, 11) is 1.50. The van der Waals surface area contributed by atoms with Crippen LogP contribution in [0.3, 0.4) is 0 Å². The second kappa shape index (κ2) is 8.80. The molecule has 6 heteroatoms. The third kappa shape index (κ3) is 4.95. The average molecular weight is 409 g/mol. The molecule has 0 aliphatic rings. The third-order valence-electron chi connectivity index (χ3n) is 4.31. The first-order valence-electron chi connectivity index (χ1n) is 9.01. The van der Waals surface area contributed by atoms with Gasteiger partial charge in [-0.15, -0.1) is 0 Å². The van der Waals surface area contributed by atoms with Crippen molar-refractivity contribution in [3.8, 4) is 5.75 Å². The quantitative estimate of drug-likeness (QED) is 0.588. The van der Waals surface area contributed by atoms with Crippen LogP contribution in [0.2, 0.25) is 5.02 Å². The summed E-state index contributed by atoms with van der Waals surface area (Å²) < 4.78 is 5.38. The monoisotopic (exact) mass is 408 g/mol. The number of carbonyl (C=O) groups excluding carboxylic acids is 2. The summed E-state index contributed by atoms with van der Waals surface area (Å²) in [6, 6.07) is 17.5. The molecule has 3 aromatic rings. The minimum absolute atomic E-state index is 0.216. The van der Waals surface area contributed by atoms with Crippen molar-refractivity contribution in [2.24, 2.45) is 0 Å². The number of nitrogens with one attached hydrogen (secondary N) is 2. The Labute approximate surface area is 174 Å². The lowest BCUT2D eigenvalue weighted by atomic mass is 10.1. The lowest BCUT2D eigenvalue weighted by Gasteiger charge is -2.13. The molecule has 0 spiro atoms. The van der Waals surface area contributed by atoms with Crippen LogP contribution >= 0.6 is 11.6 Å². The Kier molecular flexibility index (Phi) is 6.20. The normalized spacial score (nSPS) is 10.3. The predicted molar refractivity (Wildman–Crippen MR) is 116 cm³/mol. The fourth-order valence-corrected chi connectivity index (χ4v) is 3.24. The SMILES string of the molecule is COc1cc(NC(=O)c2cc(C)cc(C)c2)ccc1NC(=O)c1ccccc1Cl. The van der Waals surface area contributed by atoms with Crippen molar-refractivity contribution in [2.75, 3.05) is 17.7 Å². The highest BCUT2D eigenvalue weighted by atomic mass is 35.5. The molecule has 29 heavy (non-hydrogen) atoms. The van der Waals surface area contributed by atoms with Crippen molar-refractivity contribution in [1.82, 2.24) is 0 Å². The number of hydrogen-bond donors (Lipinski definition) is 2. The molecule has 3 aromatic carbocycles. The summed E-state index contributed by atoms with van der Waals surface area (Å²) in [5, 5.41) is 6.00. The molecular weight excluding hydrogens is 388 g/mol. The Balaban J connectivity index is 1.79. The van der Waals surface area contributed by atoms with E-state index in [4.69, 9.17) is 16.3 Å². The Bertz CT molecular complexity index is 1060. The number of amides is 2. The van der Waals surface area contributed by atoms with Gasteiger partial charge in [0, 0.05) is 17.3 Å². The lowest BCUT2D eigenvalue weighted by molar-refractivity contribution is 0.101. The molecule has 0 unspecified atom stereocenters. The predicted octanol–water partition coefficient (Wildman–Crippen LogP) is 5.47. The third-order valence-corrected chi connectivity index (χ3v) is 4.64. The zero-order valence-corrected chi connectivity index (χ0v) is 17.1. The fourth-order valence-electron chi connectivity index (χ4n) is 3.02. The first-order chi connectivity index (χ1) is 13.9. The summed E-state index contributed by atoms with van der Waals surface area (Å²) in [6.45, 7) is 3.90. The van der Waals surface area contributed by atoms with Crippen LogP contribution in [0.1, 0.15) is 31.8 Å². The molecule has 0 heterocycles. The second-order valence-electron chi connectivity index (χ2n) is 6.68. The first kappa shape index (κ1) is 20.4. The number of carbonyl (C=O) groups is 2. The number of methoxy groups -OCH3 is 1. The molecule has 0 fully saturated rings. The molecule has 0 atom stereocenters. The van der Waals surface area contributed by atoms with Gasteiger partial charge < -0.3 is 15.4 Å². The van der Waals surface area contributed by atoms with Gasteiger partial charge in [-0.25, -0.2) is 0 Å². The van der Waals surface area contributed by atoms with Crippen LogP contribution in [-0.2, 0) is 0 Å². The van der Waals surface area contributed by atoms with E-state index < -0.39 is 0 Å². The smallest absolute Gasteiger partial charge is 0.257 e. The minimum Gasteiger partial charge on any atom is -0.494 e. The van der Waals surface area contributed by atoms with Crippen molar-refractivity contribution in [3.63, 3.8) is 0 Å². The fraction of sp³-hybridized carbons (Fsp3) is 0.130. The summed E-state index contributed by atoms with van der Waals surface area (Å²) in [5.41, 5.74) is 4.01. The highest BCUT2D eigenvalue weighted by Crippen LogP contribution is 2.29. The zero-order valence-electron chi connectivity index (χ0n) is 16.4. The van der Waals surface area contributed by atoms with E-state index in [9.17, 15) is 9.59 Å². The van der Waals surface area contributed by atoms with Gasteiger partial charge >= 0.3 is 0 Å². The van der Waals surface area contributed by atoms with E-state index in [1.54, 1.807) is 42.5 Å². The molecular formula is C23H21ClN2O3. The Morgan fingerprint density at radius 3 is 2.21 bits per heavy atom. The highest BCUT2D eigenvalue weighted by Gasteiger charge is 2.14. The maximum absolute atomic E-state index is 12.6. The van der Waals surface area contributed by atoms with Crippen LogP contribution in [0.5, 0.6) is 5.75 Å². The standard InChI is InChI=1S/C23H21ClN2O3/c1-14-10-15(2)12-16(11-14)22(27)25-17-8-9-20(21(13-17)29-3)26-23(28)18-6-4-5-7-19(18)24/h4-13H,1-3H3,(H,25,27)(H,26,28). The molecule has 0 saturated heterocycles. The highest BCUT2D eigenvalue weighted by molar-refractivity contribution is 6.34. The van der Waals surface area contributed by atoms with Crippen molar-refractivity contribution >= 4 is 34.8 Å². The van der Waals surface area contributed by atoms with E-state index in [0.717, 1.165) is 11.1 Å². The molecule has 0 aliphatic carbocycles. The van der Waals surface area contributed by atoms with Crippen LogP contribution in [0, 0.1) is 13.8 Å². The number of benzene rings is 3. The summed E-state index contributed by atoms with van der Waals surface area (Å²) in [5.74, 6) is -0.142. The molecule has 2 amide bonds. The van der Waals surface area contributed by atoms with Gasteiger partial charge in [-0.1, -0.05) is 40.9 Å². The average Bonchev–Trinajstić information content (AvgIpc) is 2.68. The van der Waals surface area contributed by atoms with E-state index in [-0.39, 0.29) is 11.8 Å². The first-order valence-corrected chi connectivity index (χ1v) is 9.39. The maximum Gasteiger partial charge on any atom is 0.257 e. The van der Waals surface area contributed by atoms with Gasteiger partial charge in [-0.2, -0.15) is 0 Å². The van der Waals surface area contributed by atoms with E-state index in [2.05, 4.69) is 10.6 Å². The number of hydrogen-bond acceptors (Lipinski definition) is 3. The molecule has 0 bridgehead atoms. The van der Waals surface area contributed by atoms with Gasteiger partial charge in [-0.3, -0.25) is 9.59 Å². The van der Waals surface area contributed by atoms with Gasteiger partial charge in [0.2, 0.25) is 0 Å². The molecule has 3 rings (SSSR count). The van der Waals surface area contributed by atoms with Crippen molar-refractivity contribution in [3.05, 3.63) is 87.9 Å². The van der Waals surface area contributed by atoms with Crippen molar-refractivity contribution < 1.29 is 14.3 Å². The number of rotatable bonds is 5. The molecule has 0 saturated carbocycles. The van der Waals surface area contributed by atoms with Crippen LogP contribution in [0.4, 0.5) is 11.4 Å². The Morgan fingerprint density at radius 1 is 0.862 bits per heavy atom. The zero-order chi connectivity index (χ0) is 21.0. The number of aryl methyl sites for hydroxylation is 2. The summed E-state index contributed by atoms with van der Waals surface area (Å²) in [4.78, 5) is 25.1. The van der Waals surface area contributed by atoms with Gasteiger partial charge in [0.05, 0.1) is 23.4 Å². The van der Waals surface area contributed by atoms with Crippen LogP contribution < -0.4 is 15.4 Å². The largest absolute Gasteiger partial charge is 0.494 e. The van der Waals surface area contributed by atoms with Gasteiger partial charge in [0.15, 0.2) is 0 Å². The van der Waals surface area contributed by atoms with E-state index in [0.29, 0.717) is 33.3 Å². The number of halogens is 1. The van der Waals surface area contributed by atoms with Crippen LogP contribution in [-0.4, -0.2) is 18.9 Å². The summed E-state index contributed by atoms with van der Waals surface area (Å²) >= 11 is 6.08. The Hall–Kier alpha value is -3.31. The van der Waals surface area contributed by atoms with Crippen molar-refractivity contribution in [2.45, 2.75) is 13.8 Å². The molecule has 5 nitrogen and oxygen atoms in total. The molecule has 0 aliphatic heterocycles. The molecule has 2 N–H and O–H groups in total. The molecule has 148 valence electrons. The van der Waals surface area contributed by atoms with Gasteiger partial charge in [0.1, 0.15) is 5.75 Å². The van der Waals surface area contributed by atoms with E-state index in [1.807, 2.05) is 32.0 Å². The Morgan fingerprint density at radius 2 is 1.55 bits per heavy atom. The van der Waals surface area contributed by atoms with Crippen LogP contribution in [0.25, 0.3) is 0 Å². The number of anilines is 2. The molecule has 0 radical (unpaired) electrons. The van der Waals surface area contributed by atoms with Gasteiger partial charge in [-0.05, 0) is 50.2 Å². The van der Waals surface area contributed by atoms with Crippen molar-refractivity contribution in [1.29, 1.82) is 0 Å². The number of ether oxygens (including phenoxy) is 1. The van der Waals surface area contributed by atoms with E-state index in [1.165, 1.54) is 7.11 Å². The lowest BCUT2D eigenvalue weighted by Crippen LogP contribution is -2.14. The molecule has 0 aromatic heterocycles. The topological polar surface area (TPSA) is 67.4 Å². The van der Waals surface area contributed by atoms with E-state index >= 15 is 0 Å². The second-order valence-corrected chi connectivity index (χ2v) is 7.09. The van der Waals surface area contributed by atoms with Crippen LogP contribution in [0.15, 0.2) is 60.7 Å². The maximum atomic E-state index is 12.6. The minimum atomic E-state index is -0.346. The summed E-state index contributed by atoms with van der Waals surface area (Å²) in [6.07, 6.45) is 0. The van der Waals surface area contributed by atoms with Gasteiger partial charge in [0.25, 0.3) is 11.8 Å².